The average Bonchev–Trinajstić information content (AvgIpc) is 2.82. The first-order valence-corrected chi connectivity index (χ1v) is 9.38. The molecule has 0 aliphatic rings. The van der Waals surface area contributed by atoms with E-state index in [2.05, 4.69) is 55.5 Å². The maximum atomic E-state index is 10.1. The van der Waals surface area contributed by atoms with Crippen molar-refractivity contribution in [2.45, 2.75) is 40.0 Å². The highest BCUT2D eigenvalue weighted by Crippen LogP contribution is 2.41. The molecule has 0 saturated carbocycles. The largest absolute Gasteiger partial charge is 0.508 e. The Morgan fingerprint density at radius 1 is 0.952 bits per heavy atom. The van der Waals surface area contributed by atoms with E-state index in [1.807, 2.05) is 17.4 Å². The van der Waals surface area contributed by atoms with Crippen LogP contribution in [0.1, 0.15) is 37.5 Å². The third kappa shape index (κ3) is 2.34. The van der Waals surface area contributed by atoms with Gasteiger partial charge < -0.3 is 5.11 Å². The Labute approximate surface area is 143 Å². The Morgan fingerprint density at radius 2 is 1.62 bits per heavy atom. The van der Waals surface area contributed by atoms with Crippen molar-refractivity contribution in [2.24, 2.45) is 0 Å². The SMILES string of the molecule is CCc1cc2c(cc1O)sc1c(CC)c(I)c(CC)cc12. The second-order valence-corrected chi connectivity index (χ2v) is 7.48. The molecule has 2 aromatic carbocycles. The summed E-state index contributed by atoms with van der Waals surface area (Å²) in [6.07, 6.45) is 2.99. The van der Waals surface area contributed by atoms with Gasteiger partial charge >= 0.3 is 0 Å². The van der Waals surface area contributed by atoms with Crippen LogP contribution in [-0.4, -0.2) is 5.11 Å². The van der Waals surface area contributed by atoms with E-state index in [1.54, 1.807) is 0 Å². The van der Waals surface area contributed by atoms with Crippen LogP contribution in [0.15, 0.2) is 18.2 Å². The summed E-state index contributed by atoms with van der Waals surface area (Å²) in [6, 6.07) is 6.47. The highest BCUT2D eigenvalue weighted by atomic mass is 127. The number of fused-ring (bicyclic) bond motifs is 3. The van der Waals surface area contributed by atoms with Crippen molar-refractivity contribution in [3.05, 3.63) is 38.5 Å². The summed E-state index contributed by atoms with van der Waals surface area (Å²) < 4.78 is 4.00. The molecule has 1 nitrogen and oxygen atoms in total. The Kier molecular flexibility index (Phi) is 4.14. The van der Waals surface area contributed by atoms with Gasteiger partial charge in [-0.3, -0.25) is 0 Å². The molecule has 1 heterocycles. The molecule has 0 unspecified atom stereocenters. The van der Waals surface area contributed by atoms with Crippen LogP contribution in [0.4, 0.5) is 0 Å². The smallest absolute Gasteiger partial charge is 0.120 e. The van der Waals surface area contributed by atoms with Gasteiger partial charge in [-0.1, -0.05) is 20.8 Å². The van der Waals surface area contributed by atoms with E-state index in [-0.39, 0.29) is 0 Å². The number of phenols is 1. The Hall–Kier alpha value is -0.810. The predicted octanol–water partition coefficient (Wildman–Crippen LogP) is 6.05. The van der Waals surface area contributed by atoms with Crippen LogP contribution in [0, 0.1) is 3.57 Å². The van der Waals surface area contributed by atoms with Gasteiger partial charge in [0, 0.05) is 23.7 Å². The lowest BCUT2D eigenvalue weighted by Gasteiger charge is -2.09. The highest BCUT2D eigenvalue weighted by molar-refractivity contribution is 14.1. The molecule has 0 radical (unpaired) electrons. The van der Waals surface area contributed by atoms with Crippen molar-refractivity contribution in [1.82, 2.24) is 0 Å². The van der Waals surface area contributed by atoms with E-state index in [9.17, 15) is 5.11 Å². The molecule has 21 heavy (non-hydrogen) atoms. The van der Waals surface area contributed by atoms with Gasteiger partial charge in [0.1, 0.15) is 5.75 Å². The number of rotatable bonds is 3. The summed E-state index contributed by atoms with van der Waals surface area (Å²) in [5.41, 5.74) is 3.94. The molecule has 3 aromatic rings. The minimum Gasteiger partial charge on any atom is -0.508 e. The standard InChI is InChI=1S/C18H19IOS/c1-4-10-7-13-14-8-11(5-2)17(19)12(6-3)18(14)21-16(13)9-15(10)20/h7-9,20H,4-6H2,1-3H3. The Morgan fingerprint density at radius 3 is 2.24 bits per heavy atom. The second-order valence-electron chi connectivity index (χ2n) is 5.34. The van der Waals surface area contributed by atoms with Crippen LogP contribution in [0.2, 0.25) is 0 Å². The van der Waals surface area contributed by atoms with Gasteiger partial charge in [0.25, 0.3) is 0 Å². The molecule has 0 aliphatic heterocycles. The van der Waals surface area contributed by atoms with E-state index in [1.165, 1.54) is 34.9 Å². The van der Waals surface area contributed by atoms with Crippen LogP contribution in [0.3, 0.4) is 0 Å². The van der Waals surface area contributed by atoms with E-state index < -0.39 is 0 Å². The van der Waals surface area contributed by atoms with Crippen molar-refractivity contribution >= 4 is 54.1 Å². The molecule has 0 atom stereocenters. The summed E-state index contributed by atoms with van der Waals surface area (Å²) in [4.78, 5) is 0. The first-order chi connectivity index (χ1) is 10.1. The number of halogens is 1. The van der Waals surface area contributed by atoms with E-state index in [0.29, 0.717) is 5.75 Å². The maximum absolute atomic E-state index is 10.1. The van der Waals surface area contributed by atoms with Gasteiger partial charge in [0.15, 0.2) is 0 Å². The zero-order chi connectivity index (χ0) is 15.1. The quantitative estimate of drug-likeness (QED) is 0.521. The number of hydrogen-bond donors (Lipinski definition) is 1. The Bertz CT molecular complexity index is 832. The number of hydrogen-bond acceptors (Lipinski definition) is 2. The van der Waals surface area contributed by atoms with Crippen molar-refractivity contribution in [3.8, 4) is 5.75 Å². The zero-order valence-corrected chi connectivity index (χ0v) is 15.6. The molecule has 1 N–H and O–H groups in total. The predicted molar refractivity (Wildman–Crippen MR) is 102 cm³/mol. The average molecular weight is 410 g/mol. The summed E-state index contributed by atoms with van der Waals surface area (Å²) in [6.45, 7) is 6.55. The highest BCUT2D eigenvalue weighted by Gasteiger charge is 2.15. The van der Waals surface area contributed by atoms with Gasteiger partial charge in [0.05, 0.1) is 0 Å². The third-order valence-electron chi connectivity index (χ3n) is 4.18. The van der Waals surface area contributed by atoms with Gasteiger partial charge in [-0.25, -0.2) is 0 Å². The zero-order valence-electron chi connectivity index (χ0n) is 12.6. The monoisotopic (exact) mass is 410 g/mol. The molecule has 0 spiro atoms. The van der Waals surface area contributed by atoms with Crippen LogP contribution in [0.5, 0.6) is 5.75 Å². The maximum Gasteiger partial charge on any atom is 0.120 e. The van der Waals surface area contributed by atoms with Crippen molar-refractivity contribution in [3.63, 3.8) is 0 Å². The fourth-order valence-electron chi connectivity index (χ4n) is 2.95. The molecule has 0 aliphatic carbocycles. The van der Waals surface area contributed by atoms with Gasteiger partial charge in [-0.15, -0.1) is 11.3 Å². The van der Waals surface area contributed by atoms with E-state index in [0.717, 1.165) is 24.8 Å². The summed E-state index contributed by atoms with van der Waals surface area (Å²) >= 11 is 4.31. The topological polar surface area (TPSA) is 20.2 Å². The Balaban J connectivity index is 2.47. The fourth-order valence-corrected chi connectivity index (χ4v) is 5.64. The van der Waals surface area contributed by atoms with Crippen LogP contribution in [0.25, 0.3) is 20.2 Å². The molecule has 110 valence electrons. The number of benzene rings is 2. The van der Waals surface area contributed by atoms with Gasteiger partial charge in [0.2, 0.25) is 0 Å². The van der Waals surface area contributed by atoms with E-state index in [4.69, 9.17) is 0 Å². The molecule has 1 aromatic heterocycles. The van der Waals surface area contributed by atoms with Crippen LogP contribution >= 0.6 is 33.9 Å². The minimum absolute atomic E-state index is 0.431. The normalized spacial score (nSPS) is 11.6. The lowest BCUT2D eigenvalue weighted by molar-refractivity contribution is 0.470. The molecule has 0 bridgehead atoms. The molecular formula is C18H19IOS. The molecule has 0 amide bonds. The summed E-state index contributed by atoms with van der Waals surface area (Å²) in [5.74, 6) is 0.431. The molecular weight excluding hydrogens is 391 g/mol. The van der Waals surface area contributed by atoms with Crippen molar-refractivity contribution in [1.29, 1.82) is 0 Å². The second kappa shape index (κ2) is 5.76. The summed E-state index contributed by atoms with van der Waals surface area (Å²) in [5, 5.41) is 12.8. The van der Waals surface area contributed by atoms with Crippen LogP contribution < -0.4 is 0 Å². The lowest BCUT2D eigenvalue weighted by Crippen LogP contribution is -1.93. The summed E-state index contributed by atoms with van der Waals surface area (Å²) in [7, 11) is 0. The third-order valence-corrected chi connectivity index (χ3v) is 6.75. The first kappa shape index (κ1) is 15.1. The number of aromatic hydroxyl groups is 1. The van der Waals surface area contributed by atoms with Gasteiger partial charge in [-0.05, 0) is 76.7 Å². The molecule has 0 fully saturated rings. The number of thiophene rings is 1. The number of phenolic OH excluding ortho intramolecular Hbond substituents is 1. The van der Waals surface area contributed by atoms with Gasteiger partial charge in [-0.2, -0.15) is 0 Å². The fraction of sp³-hybridized carbons (Fsp3) is 0.333. The van der Waals surface area contributed by atoms with Crippen molar-refractivity contribution in [2.75, 3.05) is 0 Å². The lowest BCUT2D eigenvalue weighted by atomic mass is 10.0. The minimum atomic E-state index is 0.431. The van der Waals surface area contributed by atoms with Crippen LogP contribution in [-0.2, 0) is 19.3 Å². The molecule has 3 heteroatoms. The first-order valence-electron chi connectivity index (χ1n) is 7.48. The number of aryl methyl sites for hydroxylation is 3. The molecule has 3 rings (SSSR count). The molecule has 0 saturated heterocycles. The van der Waals surface area contributed by atoms with E-state index >= 15 is 0 Å². The van der Waals surface area contributed by atoms with Crippen molar-refractivity contribution < 1.29 is 5.11 Å².